The summed E-state index contributed by atoms with van der Waals surface area (Å²) in [7, 11) is 0. The van der Waals surface area contributed by atoms with E-state index >= 15 is 0 Å². The molecule has 23 heavy (non-hydrogen) atoms. The molecule has 1 heterocycles. The van der Waals surface area contributed by atoms with Gasteiger partial charge in [-0.15, -0.1) is 0 Å². The van der Waals surface area contributed by atoms with E-state index in [0.717, 1.165) is 11.3 Å². The van der Waals surface area contributed by atoms with Crippen LogP contribution in [0.15, 0.2) is 36.7 Å². The van der Waals surface area contributed by atoms with Crippen LogP contribution < -0.4 is 5.32 Å². The topological polar surface area (TPSA) is 54.9 Å². The van der Waals surface area contributed by atoms with Gasteiger partial charge < -0.3 is 5.32 Å². The molecular formula is C19H25N3O. The molecule has 2 rings (SSSR count). The summed E-state index contributed by atoms with van der Waals surface area (Å²) in [5, 5.41) is 2.86. The maximum atomic E-state index is 12.3. The fourth-order valence-electron chi connectivity index (χ4n) is 2.08. The Morgan fingerprint density at radius 3 is 2.00 bits per heavy atom. The molecule has 1 aromatic heterocycles. The molecule has 0 aliphatic carbocycles. The number of nitrogens with zero attached hydrogens (tertiary/aromatic N) is 2. The molecule has 4 heteroatoms. The fourth-order valence-corrected chi connectivity index (χ4v) is 2.08. The van der Waals surface area contributed by atoms with Gasteiger partial charge in [0.25, 0.3) is 5.91 Å². The lowest BCUT2D eigenvalue weighted by Crippen LogP contribution is -2.19. The standard InChI is InChI=1S/C19H25N3O/c1-18(2,3)13-8-7-9-15(10-13)22-17(23)16-20-11-14(12-21-16)19(4,5)6/h7-12H,1-6H3,(H,22,23). The van der Waals surface area contributed by atoms with E-state index < -0.39 is 0 Å². The Morgan fingerprint density at radius 1 is 0.913 bits per heavy atom. The number of carbonyl (C=O) groups is 1. The number of rotatable bonds is 2. The molecule has 0 unspecified atom stereocenters. The normalized spacial score (nSPS) is 12.1. The number of aromatic nitrogens is 2. The SMILES string of the molecule is CC(C)(C)c1cnc(C(=O)Nc2cccc(C(C)(C)C)c2)nc1. The molecule has 1 amide bonds. The third-order valence-corrected chi connectivity index (χ3v) is 3.71. The number of benzene rings is 1. The van der Waals surface area contributed by atoms with Crippen LogP contribution in [0.4, 0.5) is 5.69 Å². The highest BCUT2D eigenvalue weighted by atomic mass is 16.2. The smallest absolute Gasteiger partial charge is 0.293 e. The number of anilines is 1. The Labute approximate surface area is 138 Å². The van der Waals surface area contributed by atoms with E-state index in [-0.39, 0.29) is 22.6 Å². The van der Waals surface area contributed by atoms with E-state index in [1.165, 1.54) is 5.56 Å². The van der Waals surface area contributed by atoms with Gasteiger partial charge >= 0.3 is 0 Å². The maximum Gasteiger partial charge on any atom is 0.293 e. The predicted octanol–water partition coefficient (Wildman–Crippen LogP) is 4.32. The third kappa shape index (κ3) is 4.38. The summed E-state index contributed by atoms with van der Waals surface area (Å²) in [6.07, 6.45) is 3.43. The van der Waals surface area contributed by atoms with E-state index in [0.29, 0.717) is 0 Å². The van der Waals surface area contributed by atoms with Crippen molar-refractivity contribution in [2.24, 2.45) is 0 Å². The predicted molar refractivity (Wildman–Crippen MR) is 93.8 cm³/mol. The lowest BCUT2D eigenvalue weighted by molar-refractivity contribution is 0.101. The summed E-state index contributed by atoms with van der Waals surface area (Å²) in [5.74, 6) is -0.115. The Bertz CT molecular complexity index is 692. The second-order valence-electron chi connectivity index (χ2n) is 7.83. The molecule has 0 radical (unpaired) electrons. The first-order valence-corrected chi connectivity index (χ1v) is 7.82. The van der Waals surface area contributed by atoms with Crippen molar-refractivity contribution in [1.29, 1.82) is 0 Å². The molecule has 1 aromatic carbocycles. The highest BCUT2D eigenvalue weighted by Gasteiger charge is 2.17. The number of nitrogens with one attached hydrogen (secondary N) is 1. The largest absolute Gasteiger partial charge is 0.319 e. The lowest BCUT2D eigenvalue weighted by Gasteiger charge is -2.20. The van der Waals surface area contributed by atoms with Crippen LogP contribution in [0.5, 0.6) is 0 Å². The van der Waals surface area contributed by atoms with Crippen LogP contribution in [0.25, 0.3) is 0 Å². The zero-order valence-corrected chi connectivity index (χ0v) is 14.8. The molecule has 4 nitrogen and oxygen atoms in total. The quantitative estimate of drug-likeness (QED) is 0.898. The minimum atomic E-state index is -0.295. The molecular weight excluding hydrogens is 286 g/mol. The van der Waals surface area contributed by atoms with E-state index in [1.807, 2.05) is 18.2 Å². The van der Waals surface area contributed by atoms with Crippen molar-refractivity contribution in [3.8, 4) is 0 Å². The van der Waals surface area contributed by atoms with Gasteiger partial charge in [-0.3, -0.25) is 4.79 Å². The molecule has 1 N–H and O–H groups in total. The Balaban J connectivity index is 2.16. The van der Waals surface area contributed by atoms with Crippen LogP contribution in [0.3, 0.4) is 0 Å². The van der Waals surface area contributed by atoms with Crippen LogP contribution in [-0.4, -0.2) is 15.9 Å². The number of hydrogen-bond donors (Lipinski definition) is 1. The van der Waals surface area contributed by atoms with E-state index in [4.69, 9.17) is 0 Å². The summed E-state index contributed by atoms with van der Waals surface area (Å²) in [5.41, 5.74) is 2.93. The molecule has 0 bridgehead atoms. The molecule has 2 aromatic rings. The molecule has 0 saturated carbocycles. The number of carbonyl (C=O) groups excluding carboxylic acids is 1. The average Bonchev–Trinajstić information content (AvgIpc) is 2.46. The van der Waals surface area contributed by atoms with Gasteiger partial charge in [0, 0.05) is 18.1 Å². The molecule has 0 aliphatic rings. The number of hydrogen-bond acceptors (Lipinski definition) is 3. The lowest BCUT2D eigenvalue weighted by atomic mass is 9.87. The van der Waals surface area contributed by atoms with Crippen molar-refractivity contribution in [2.75, 3.05) is 5.32 Å². The molecule has 0 saturated heterocycles. The van der Waals surface area contributed by atoms with Crippen LogP contribution in [-0.2, 0) is 10.8 Å². The summed E-state index contributed by atoms with van der Waals surface area (Å²) in [4.78, 5) is 20.7. The first-order chi connectivity index (χ1) is 10.6. The second-order valence-corrected chi connectivity index (χ2v) is 7.83. The molecule has 0 atom stereocenters. The van der Waals surface area contributed by atoms with Crippen LogP contribution >= 0.6 is 0 Å². The zero-order valence-electron chi connectivity index (χ0n) is 14.8. The van der Waals surface area contributed by atoms with Gasteiger partial charge in [0.2, 0.25) is 5.82 Å². The summed E-state index contributed by atoms with van der Waals surface area (Å²) >= 11 is 0. The van der Waals surface area contributed by atoms with Crippen LogP contribution in [0.2, 0.25) is 0 Å². The van der Waals surface area contributed by atoms with E-state index in [9.17, 15) is 4.79 Å². The summed E-state index contributed by atoms with van der Waals surface area (Å²) < 4.78 is 0. The Kier molecular flexibility index (Phi) is 4.55. The molecule has 0 fully saturated rings. The monoisotopic (exact) mass is 311 g/mol. The van der Waals surface area contributed by atoms with Gasteiger partial charge in [0.05, 0.1) is 0 Å². The van der Waals surface area contributed by atoms with Crippen molar-refractivity contribution in [2.45, 2.75) is 52.4 Å². The molecule has 122 valence electrons. The Morgan fingerprint density at radius 2 is 1.48 bits per heavy atom. The highest BCUT2D eigenvalue weighted by Crippen LogP contribution is 2.25. The van der Waals surface area contributed by atoms with Crippen molar-refractivity contribution in [3.05, 3.63) is 53.6 Å². The van der Waals surface area contributed by atoms with Gasteiger partial charge in [-0.1, -0.05) is 53.7 Å². The summed E-state index contributed by atoms with van der Waals surface area (Å²) in [6.45, 7) is 12.7. The first kappa shape index (κ1) is 17.1. The van der Waals surface area contributed by atoms with Crippen molar-refractivity contribution < 1.29 is 4.79 Å². The Hall–Kier alpha value is -2.23. The van der Waals surface area contributed by atoms with Crippen LogP contribution in [0.1, 0.15) is 63.3 Å². The minimum absolute atomic E-state index is 0.0317. The summed E-state index contributed by atoms with van der Waals surface area (Å²) in [6, 6.07) is 7.86. The van der Waals surface area contributed by atoms with Gasteiger partial charge in [-0.2, -0.15) is 0 Å². The van der Waals surface area contributed by atoms with Crippen LogP contribution in [0, 0.1) is 0 Å². The van der Waals surface area contributed by atoms with Gasteiger partial charge in [-0.05, 0) is 34.1 Å². The van der Waals surface area contributed by atoms with Crippen molar-refractivity contribution in [1.82, 2.24) is 9.97 Å². The average molecular weight is 311 g/mol. The van der Waals surface area contributed by atoms with Gasteiger partial charge in [0.1, 0.15) is 0 Å². The zero-order chi connectivity index (χ0) is 17.3. The number of amides is 1. The van der Waals surface area contributed by atoms with Crippen molar-refractivity contribution >= 4 is 11.6 Å². The van der Waals surface area contributed by atoms with E-state index in [1.54, 1.807) is 12.4 Å². The molecule has 0 aliphatic heterocycles. The highest BCUT2D eigenvalue weighted by molar-refractivity contribution is 6.01. The minimum Gasteiger partial charge on any atom is -0.319 e. The maximum absolute atomic E-state index is 12.3. The van der Waals surface area contributed by atoms with Gasteiger partial charge in [-0.25, -0.2) is 9.97 Å². The van der Waals surface area contributed by atoms with Gasteiger partial charge in [0.15, 0.2) is 0 Å². The van der Waals surface area contributed by atoms with E-state index in [2.05, 4.69) is 62.9 Å². The van der Waals surface area contributed by atoms with Crippen molar-refractivity contribution in [3.63, 3.8) is 0 Å². The first-order valence-electron chi connectivity index (χ1n) is 7.82. The molecule has 0 spiro atoms. The fraction of sp³-hybridized carbons (Fsp3) is 0.421. The third-order valence-electron chi connectivity index (χ3n) is 3.71. The second kappa shape index (κ2) is 6.11.